The molecule has 0 spiro atoms. The second kappa shape index (κ2) is 8.53. The van der Waals surface area contributed by atoms with Crippen LogP contribution in [0.25, 0.3) is 0 Å². The van der Waals surface area contributed by atoms with E-state index in [4.69, 9.17) is 9.47 Å². The summed E-state index contributed by atoms with van der Waals surface area (Å²) in [5.41, 5.74) is 0. The molecule has 1 saturated heterocycles. The molecule has 0 amide bonds. The predicted octanol–water partition coefficient (Wildman–Crippen LogP) is 1.35. The molecule has 0 aromatic heterocycles. The third-order valence-electron chi connectivity index (χ3n) is 2.74. The minimum Gasteiger partial charge on any atom is -0.463 e. The van der Waals surface area contributed by atoms with Gasteiger partial charge in [0.25, 0.3) is 0 Å². The van der Waals surface area contributed by atoms with Crippen molar-refractivity contribution >= 4 is 5.97 Å². The van der Waals surface area contributed by atoms with Gasteiger partial charge in [-0.05, 0) is 25.8 Å². The standard InChI is InChI=1S/C12H23NO3/c1-2-3-7-15-8-9-16-12(14)11-5-4-6-13-10-11/h11,13H,2-10H2,1H3/t11-/m1/s1. The van der Waals surface area contributed by atoms with Crippen LogP contribution in [0.4, 0.5) is 0 Å². The second-order valence-electron chi connectivity index (χ2n) is 4.18. The minimum absolute atomic E-state index is 0.0457. The molecule has 94 valence electrons. The molecule has 1 fully saturated rings. The first-order chi connectivity index (χ1) is 7.84. The summed E-state index contributed by atoms with van der Waals surface area (Å²) in [5.74, 6) is -0.0318. The number of hydrogen-bond acceptors (Lipinski definition) is 4. The Morgan fingerprint density at radius 2 is 2.25 bits per heavy atom. The molecule has 1 aliphatic heterocycles. The van der Waals surface area contributed by atoms with Crippen molar-refractivity contribution < 1.29 is 14.3 Å². The van der Waals surface area contributed by atoms with Crippen molar-refractivity contribution in [3.05, 3.63) is 0 Å². The maximum Gasteiger partial charge on any atom is 0.310 e. The van der Waals surface area contributed by atoms with E-state index in [1.807, 2.05) is 0 Å². The van der Waals surface area contributed by atoms with Gasteiger partial charge in [0.1, 0.15) is 6.61 Å². The topological polar surface area (TPSA) is 47.6 Å². The van der Waals surface area contributed by atoms with Crippen molar-refractivity contribution in [2.75, 3.05) is 32.9 Å². The molecule has 1 heterocycles. The molecule has 0 saturated carbocycles. The van der Waals surface area contributed by atoms with E-state index < -0.39 is 0 Å². The van der Waals surface area contributed by atoms with Crippen molar-refractivity contribution in [2.45, 2.75) is 32.6 Å². The fraction of sp³-hybridized carbons (Fsp3) is 0.917. The Bertz CT molecular complexity index is 191. The van der Waals surface area contributed by atoms with E-state index in [-0.39, 0.29) is 11.9 Å². The number of carbonyl (C=O) groups excluding carboxylic acids is 1. The molecular formula is C12H23NO3. The van der Waals surface area contributed by atoms with Crippen molar-refractivity contribution in [1.29, 1.82) is 0 Å². The number of esters is 1. The smallest absolute Gasteiger partial charge is 0.310 e. The fourth-order valence-electron chi connectivity index (χ4n) is 1.72. The summed E-state index contributed by atoms with van der Waals surface area (Å²) in [7, 11) is 0. The maximum atomic E-state index is 11.6. The van der Waals surface area contributed by atoms with Crippen LogP contribution >= 0.6 is 0 Å². The number of unbranched alkanes of at least 4 members (excludes halogenated alkanes) is 1. The van der Waals surface area contributed by atoms with Crippen LogP contribution in [-0.4, -0.2) is 38.9 Å². The Morgan fingerprint density at radius 1 is 1.38 bits per heavy atom. The van der Waals surface area contributed by atoms with Gasteiger partial charge in [-0.3, -0.25) is 4.79 Å². The van der Waals surface area contributed by atoms with E-state index in [9.17, 15) is 4.79 Å². The third kappa shape index (κ3) is 5.47. The highest BCUT2D eigenvalue weighted by molar-refractivity contribution is 5.72. The summed E-state index contributed by atoms with van der Waals surface area (Å²) in [6.45, 7) is 5.57. The number of piperidine rings is 1. The van der Waals surface area contributed by atoms with Crippen LogP contribution in [0.5, 0.6) is 0 Å². The van der Waals surface area contributed by atoms with Gasteiger partial charge in [-0.2, -0.15) is 0 Å². The van der Waals surface area contributed by atoms with Gasteiger partial charge in [0.05, 0.1) is 12.5 Å². The zero-order valence-corrected chi connectivity index (χ0v) is 10.2. The summed E-state index contributed by atoms with van der Waals surface area (Å²) in [5, 5.41) is 3.20. The van der Waals surface area contributed by atoms with Gasteiger partial charge in [0, 0.05) is 13.2 Å². The molecule has 0 radical (unpaired) electrons. The van der Waals surface area contributed by atoms with Crippen molar-refractivity contribution in [2.24, 2.45) is 5.92 Å². The Labute approximate surface area is 97.7 Å². The van der Waals surface area contributed by atoms with Gasteiger partial charge < -0.3 is 14.8 Å². The van der Waals surface area contributed by atoms with E-state index in [0.717, 1.165) is 45.4 Å². The molecule has 0 aromatic rings. The van der Waals surface area contributed by atoms with Gasteiger partial charge in [0.15, 0.2) is 0 Å². The molecule has 0 aliphatic carbocycles. The normalized spacial score (nSPS) is 20.7. The summed E-state index contributed by atoms with van der Waals surface area (Å²) in [4.78, 5) is 11.6. The highest BCUT2D eigenvalue weighted by Crippen LogP contribution is 2.11. The lowest BCUT2D eigenvalue weighted by atomic mass is 10.0. The van der Waals surface area contributed by atoms with Crippen LogP contribution in [0.2, 0.25) is 0 Å². The Balaban J connectivity index is 1.97. The van der Waals surface area contributed by atoms with Crippen molar-refractivity contribution in [1.82, 2.24) is 5.32 Å². The van der Waals surface area contributed by atoms with E-state index >= 15 is 0 Å². The first kappa shape index (κ1) is 13.5. The number of hydrogen-bond donors (Lipinski definition) is 1. The highest BCUT2D eigenvalue weighted by Gasteiger charge is 2.21. The van der Waals surface area contributed by atoms with E-state index in [1.165, 1.54) is 0 Å². The van der Waals surface area contributed by atoms with Crippen LogP contribution in [0.1, 0.15) is 32.6 Å². The molecule has 4 heteroatoms. The lowest BCUT2D eigenvalue weighted by Gasteiger charge is -2.21. The molecule has 0 unspecified atom stereocenters. The molecule has 0 bridgehead atoms. The maximum absolute atomic E-state index is 11.6. The molecular weight excluding hydrogens is 206 g/mol. The Morgan fingerprint density at radius 3 is 2.94 bits per heavy atom. The zero-order valence-electron chi connectivity index (χ0n) is 10.2. The van der Waals surface area contributed by atoms with Gasteiger partial charge in [-0.15, -0.1) is 0 Å². The molecule has 16 heavy (non-hydrogen) atoms. The van der Waals surface area contributed by atoms with E-state index in [1.54, 1.807) is 0 Å². The van der Waals surface area contributed by atoms with Gasteiger partial charge in [0.2, 0.25) is 0 Å². The largest absolute Gasteiger partial charge is 0.463 e. The van der Waals surface area contributed by atoms with Crippen LogP contribution in [0.3, 0.4) is 0 Å². The average Bonchev–Trinajstić information content (AvgIpc) is 2.34. The lowest BCUT2D eigenvalue weighted by molar-refractivity contribution is -0.150. The average molecular weight is 229 g/mol. The van der Waals surface area contributed by atoms with E-state index in [0.29, 0.717) is 13.2 Å². The third-order valence-corrected chi connectivity index (χ3v) is 2.74. The monoisotopic (exact) mass is 229 g/mol. The molecule has 0 aromatic carbocycles. The first-order valence-electron chi connectivity index (χ1n) is 6.29. The molecule has 1 N–H and O–H groups in total. The fourth-order valence-corrected chi connectivity index (χ4v) is 1.72. The van der Waals surface area contributed by atoms with E-state index in [2.05, 4.69) is 12.2 Å². The number of nitrogens with one attached hydrogen (secondary N) is 1. The van der Waals surface area contributed by atoms with Crippen LogP contribution < -0.4 is 5.32 Å². The number of carbonyl (C=O) groups is 1. The summed E-state index contributed by atoms with van der Waals surface area (Å²) >= 11 is 0. The number of rotatable bonds is 7. The predicted molar refractivity (Wildman–Crippen MR) is 62.3 cm³/mol. The lowest BCUT2D eigenvalue weighted by Crippen LogP contribution is -2.35. The molecule has 1 aliphatic rings. The second-order valence-corrected chi connectivity index (χ2v) is 4.18. The van der Waals surface area contributed by atoms with Crippen LogP contribution in [0.15, 0.2) is 0 Å². The molecule has 1 rings (SSSR count). The molecule has 4 nitrogen and oxygen atoms in total. The van der Waals surface area contributed by atoms with Crippen molar-refractivity contribution in [3.8, 4) is 0 Å². The Hall–Kier alpha value is -0.610. The molecule has 1 atom stereocenters. The van der Waals surface area contributed by atoms with Gasteiger partial charge in [-0.1, -0.05) is 13.3 Å². The SMILES string of the molecule is CCCCOCCOC(=O)[C@@H]1CCCNC1. The van der Waals surface area contributed by atoms with Crippen LogP contribution in [-0.2, 0) is 14.3 Å². The van der Waals surface area contributed by atoms with Gasteiger partial charge in [-0.25, -0.2) is 0 Å². The summed E-state index contributed by atoms with van der Waals surface area (Å²) in [6.07, 6.45) is 4.21. The highest BCUT2D eigenvalue weighted by atomic mass is 16.6. The zero-order chi connectivity index (χ0) is 11.6. The summed E-state index contributed by atoms with van der Waals surface area (Å²) in [6, 6.07) is 0. The summed E-state index contributed by atoms with van der Waals surface area (Å²) < 4.78 is 10.5. The van der Waals surface area contributed by atoms with Crippen molar-refractivity contribution in [3.63, 3.8) is 0 Å². The van der Waals surface area contributed by atoms with Crippen LogP contribution in [0, 0.1) is 5.92 Å². The quantitative estimate of drug-likeness (QED) is 0.529. The Kier molecular flexibility index (Phi) is 7.17. The minimum atomic E-state index is -0.0775. The number of ether oxygens (including phenoxy) is 2. The van der Waals surface area contributed by atoms with Gasteiger partial charge >= 0.3 is 5.97 Å². The first-order valence-corrected chi connectivity index (χ1v) is 6.29.